The van der Waals surface area contributed by atoms with Crippen LogP contribution in [-0.4, -0.2) is 20.2 Å². The summed E-state index contributed by atoms with van der Waals surface area (Å²) >= 11 is 4.30. The van der Waals surface area contributed by atoms with E-state index >= 15 is 0 Å². The third kappa shape index (κ3) is 3.38. The summed E-state index contributed by atoms with van der Waals surface area (Å²) in [5.74, 6) is -0.126. The van der Waals surface area contributed by atoms with Crippen molar-refractivity contribution < 1.29 is 13.2 Å². The van der Waals surface area contributed by atoms with E-state index in [4.69, 9.17) is 0 Å². The number of Topliss-reactive ketones (excluding diaryl/α,β-unsaturated/α-hetero) is 1. The third-order valence-corrected chi connectivity index (χ3v) is 5.63. The molecular formula is C9H12BrNO3S2. The molecule has 0 amide bonds. The van der Waals surface area contributed by atoms with Crippen LogP contribution in [0.15, 0.2) is 20.1 Å². The van der Waals surface area contributed by atoms with Gasteiger partial charge in [0.2, 0.25) is 0 Å². The average molecular weight is 326 g/mol. The summed E-state index contributed by atoms with van der Waals surface area (Å²) in [6, 6.07) is 2.47. The molecule has 16 heavy (non-hydrogen) atoms. The molecule has 4 nitrogen and oxygen atoms in total. The van der Waals surface area contributed by atoms with Gasteiger partial charge in [0.15, 0.2) is 0 Å². The predicted octanol–water partition coefficient (Wildman–Crippen LogP) is 2.16. The molecular weight excluding hydrogens is 314 g/mol. The minimum absolute atomic E-state index is 0.126. The first-order valence-electron chi connectivity index (χ1n) is 4.67. The lowest BCUT2D eigenvalue weighted by atomic mass is 10.2. The van der Waals surface area contributed by atoms with Crippen LogP contribution in [0.5, 0.6) is 0 Å². The van der Waals surface area contributed by atoms with Crippen molar-refractivity contribution in [3.8, 4) is 0 Å². The van der Waals surface area contributed by atoms with Gasteiger partial charge in [0, 0.05) is 6.42 Å². The van der Waals surface area contributed by atoms with Gasteiger partial charge in [0.25, 0.3) is 10.0 Å². The molecule has 0 aliphatic heterocycles. The molecule has 1 aromatic heterocycles. The van der Waals surface area contributed by atoms with Crippen LogP contribution in [0.1, 0.15) is 20.3 Å². The quantitative estimate of drug-likeness (QED) is 0.902. The van der Waals surface area contributed by atoms with Gasteiger partial charge < -0.3 is 0 Å². The molecule has 7 heteroatoms. The monoisotopic (exact) mass is 325 g/mol. The Hall–Kier alpha value is -0.240. The lowest BCUT2D eigenvalue weighted by molar-refractivity contribution is -0.119. The Morgan fingerprint density at radius 1 is 1.56 bits per heavy atom. The van der Waals surface area contributed by atoms with E-state index in [1.165, 1.54) is 6.07 Å². The van der Waals surface area contributed by atoms with Gasteiger partial charge in [-0.2, -0.15) is 0 Å². The second-order valence-corrected chi connectivity index (χ2v) is 7.63. The van der Waals surface area contributed by atoms with Crippen LogP contribution in [0, 0.1) is 0 Å². The average Bonchev–Trinajstić information content (AvgIpc) is 2.63. The fourth-order valence-electron chi connectivity index (χ4n) is 1.10. The number of carbonyl (C=O) groups excluding carboxylic acids is 1. The van der Waals surface area contributed by atoms with E-state index in [1.54, 1.807) is 19.9 Å². The molecule has 0 aliphatic rings. The van der Waals surface area contributed by atoms with Gasteiger partial charge in [-0.3, -0.25) is 4.79 Å². The Morgan fingerprint density at radius 3 is 2.62 bits per heavy atom. The van der Waals surface area contributed by atoms with Crippen molar-refractivity contribution in [2.24, 2.45) is 0 Å². The molecule has 0 bridgehead atoms. The molecule has 1 N–H and O–H groups in total. The maximum atomic E-state index is 11.8. The second kappa shape index (κ2) is 5.39. The molecule has 0 aliphatic carbocycles. The Balaban J connectivity index is 2.84. The van der Waals surface area contributed by atoms with Crippen LogP contribution in [0.4, 0.5) is 0 Å². The van der Waals surface area contributed by atoms with Crippen LogP contribution < -0.4 is 4.72 Å². The van der Waals surface area contributed by atoms with Crippen molar-refractivity contribution in [2.45, 2.75) is 30.5 Å². The summed E-state index contributed by atoms with van der Waals surface area (Å²) in [5.41, 5.74) is 0. The maximum absolute atomic E-state index is 11.8. The summed E-state index contributed by atoms with van der Waals surface area (Å²) in [5, 5.41) is 0. The molecule has 1 heterocycles. The Kier molecular flexibility index (Phi) is 4.66. The van der Waals surface area contributed by atoms with Gasteiger partial charge in [-0.25, -0.2) is 13.1 Å². The number of ketones is 1. The van der Waals surface area contributed by atoms with E-state index in [9.17, 15) is 13.2 Å². The van der Waals surface area contributed by atoms with Crippen LogP contribution in [0.3, 0.4) is 0 Å². The lowest BCUT2D eigenvalue weighted by Gasteiger charge is -2.10. The highest BCUT2D eigenvalue weighted by molar-refractivity contribution is 9.11. The number of carbonyl (C=O) groups is 1. The number of rotatable bonds is 5. The fraction of sp³-hybridized carbons (Fsp3) is 0.444. The molecule has 0 radical (unpaired) electrons. The zero-order valence-corrected chi connectivity index (χ0v) is 12.1. The summed E-state index contributed by atoms with van der Waals surface area (Å²) in [4.78, 5) is 11.3. The highest BCUT2D eigenvalue weighted by atomic mass is 79.9. The van der Waals surface area contributed by atoms with Crippen molar-refractivity contribution in [1.29, 1.82) is 0 Å². The maximum Gasteiger partial charge on any atom is 0.250 e. The summed E-state index contributed by atoms with van der Waals surface area (Å²) in [7, 11) is -3.58. The normalized spacial score (nSPS) is 13.7. The van der Waals surface area contributed by atoms with Crippen LogP contribution >= 0.6 is 27.3 Å². The molecule has 1 aromatic rings. The van der Waals surface area contributed by atoms with Crippen LogP contribution in [-0.2, 0) is 14.8 Å². The largest absolute Gasteiger partial charge is 0.298 e. The summed E-state index contributed by atoms with van der Waals surface area (Å²) in [6.07, 6.45) is 0.317. The highest BCUT2D eigenvalue weighted by Crippen LogP contribution is 2.25. The smallest absolute Gasteiger partial charge is 0.250 e. The molecule has 1 rings (SSSR count). The highest BCUT2D eigenvalue weighted by Gasteiger charge is 2.22. The Bertz CT molecular complexity index is 481. The van der Waals surface area contributed by atoms with Gasteiger partial charge >= 0.3 is 0 Å². The molecule has 90 valence electrons. The number of sulfonamides is 1. The van der Waals surface area contributed by atoms with Crippen molar-refractivity contribution >= 4 is 43.1 Å². The topological polar surface area (TPSA) is 63.2 Å². The van der Waals surface area contributed by atoms with E-state index in [0.29, 0.717) is 6.42 Å². The van der Waals surface area contributed by atoms with E-state index in [-0.39, 0.29) is 9.99 Å². The Morgan fingerprint density at radius 2 is 2.19 bits per heavy atom. The van der Waals surface area contributed by atoms with Crippen LogP contribution in [0.25, 0.3) is 0 Å². The third-order valence-electron chi connectivity index (χ3n) is 1.98. The summed E-state index contributed by atoms with van der Waals surface area (Å²) < 4.78 is 26.9. The van der Waals surface area contributed by atoms with Crippen molar-refractivity contribution in [3.63, 3.8) is 0 Å². The molecule has 0 fully saturated rings. The SMILES string of the molecule is CCC(=O)C(C)NS(=O)(=O)c1ccc(Br)s1. The minimum Gasteiger partial charge on any atom is -0.298 e. The Labute approximate surface area is 107 Å². The predicted molar refractivity (Wildman–Crippen MR) is 67.1 cm³/mol. The van der Waals surface area contributed by atoms with Crippen molar-refractivity contribution in [2.75, 3.05) is 0 Å². The molecule has 1 unspecified atom stereocenters. The first kappa shape index (κ1) is 13.8. The standard InChI is InChI=1S/C9H12BrNO3S2/c1-3-7(12)6(2)11-16(13,14)9-5-4-8(10)15-9/h4-6,11H,3H2,1-2H3. The van der Waals surface area contributed by atoms with Gasteiger partial charge in [-0.05, 0) is 35.0 Å². The van der Waals surface area contributed by atoms with Crippen molar-refractivity contribution in [3.05, 3.63) is 15.9 Å². The molecule has 0 saturated carbocycles. The van der Waals surface area contributed by atoms with Gasteiger partial charge in [-0.1, -0.05) is 6.92 Å². The van der Waals surface area contributed by atoms with Gasteiger partial charge in [0.05, 0.1) is 9.83 Å². The zero-order valence-electron chi connectivity index (χ0n) is 8.86. The number of thiophene rings is 1. The molecule has 0 aromatic carbocycles. The first-order valence-corrected chi connectivity index (χ1v) is 7.76. The number of nitrogens with one attached hydrogen (secondary N) is 1. The number of hydrogen-bond acceptors (Lipinski definition) is 4. The molecule has 1 atom stereocenters. The van der Waals surface area contributed by atoms with Gasteiger partial charge in [-0.15, -0.1) is 11.3 Å². The van der Waals surface area contributed by atoms with E-state index < -0.39 is 16.1 Å². The van der Waals surface area contributed by atoms with Gasteiger partial charge in [0.1, 0.15) is 9.99 Å². The van der Waals surface area contributed by atoms with Crippen molar-refractivity contribution in [1.82, 2.24) is 4.72 Å². The first-order chi connectivity index (χ1) is 7.36. The summed E-state index contributed by atoms with van der Waals surface area (Å²) in [6.45, 7) is 3.25. The second-order valence-electron chi connectivity index (χ2n) is 3.22. The van der Waals surface area contributed by atoms with E-state index in [0.717, 1.165) is 15.1 Å². The molecule has 0 spiro atoms. The number of halogens is 1. The lowest BCUT2D eigenvalue weighted by Crippen LogP contribution is -2.37. The number of hydrogen-bond donors (Lipinski definition) is 1. The van der Waals surface area contributed by atoms with E-state index in [1.807, 2.05) is 0 Å². The molecule has 0 saturated heterocycles. The van der Waals surface area contributed by atoms with E-state index in [2.05, 4.69) is 20.7 Å². The fourth-order valence-corrected chi connectivity index (χ4v) is 4.36. The van der Waals surface area contributed by atoms with Crippen LogP contribution in [0.2, 0.25) is 0 Å². The minimum atomic E-state index is -3.58. The zero-order chi connectivity index (χ0) is 12.3.